The van der Waals surface area contributed by atoms with Gasteiger partial charge in [-0.15, -0.1) is 24.0 Å². The van der Waals surface area contributed by atoms with E-state index in [4.69, 9.17) is 5.26 Å². The van der Waals surface area contributed by atoms with E-state index in [1.807, 2.05) is 6.07 Å². The van der Waals surface area contributed by atoms with E-state index >= 15 is 0 Å². The molecule has 1 aromatic heterocycles. The molecule has 1 heterocycles. The Morgan fingerprint density at radius 1 is 1.38 bits per heavy atom. The standard InChI is InChI=1S/C17H19FN4S.HI/c1-12(15-5-6-23-11-15)9-21-17(20-2)22-10-14-4-3-13(8-19)7-16(14)18;/h3-7,11-12H,9-10H2,1-2H3,(H2,20,21,22);1H. The van der Waals surface area contributed by atoms with Crippen molar-refractivity contribution in [1.82, 2.24) is 10.6 Å². The topological polar surface area (TPSA) is 60.2 Å². The Labute approximate surface area is 162 Å². The molecule has 0 saturated heterocycles. The zero-order chi connectivity index (χ0) is 16.7. The number of nitrogens with one attached hydrogen (secondary N) is 2. The second-order valence-corrected chi connectivity index (χ2v) is 5.96. The summed E-state index contributed by atoms with van der Waals surface area (Å²) >= 11 is 1.68. The summed E-state index contributed by atoms with van der Waals surface area (Å²) < 4.78 is 13.8. The lowest BCUT2D eigenvalue weighted by atomic mass is 10.1. The fourth-order valence-electron chi connectivity index (χ4n) is 2.08. The third-order valence-electron chi connectivity index (χ3n) is 3.54. The quantitative estimate of drug-likeness (QED) is 0.407. The molecule has 0 saturated carbocycles. The number of nitrogens with zero attached hydrogens (tertiary/aromatic N) is 2. The zero-order valence-corrected chi connectivity index (χ0v) is 16.7. The fourth-order valence-corrected chi connectivity index (χ4v) is 2.87. The minimum absolute atomic E-state index is 0. The molecule has 1 aromatic carbocycles. The van der Waals surface area contributed by atoms with Gasteiger partial charge >= 0.3 is 0 Å². The highest BCUT2D eigenvalue weighted by molar-refractivity contribution is 14.0. The van der Waals surface area contributed by atoms with E-state index in [0.29, 0.717) is 29.5 Å². The minimum Gasteiger partial charge on any atom is -0.356 e. The number of nitriles is 1. The van der Waals surface area contributed by atoms with Crippen LogP contribution in [0.15, 0.2) is 40.0 Å². The van der Waals surface area contributed by atoms with Gasteiger partial charge in [0.1, 0.15) is 5.82 Å². The molecule has 0 aliphatic heterocycles. The molecule has 2 N–H and O–H groups in total. The predicted molar refractivity (Wildman–Crippen MR) is 107 cm³/mol. The van der Waals surface area contributed by atoms with Crippen molar-refractivity contribution in [3.05, 3.63) is 57.5 Å². The largest absolute Gasteiger partial charge is 0.356 e. The Hall–Kier alpha value is -1.66. The van der Waals surface area contributed by atoms with Crippen molar-refractivity contribution in [3.63, 3.8) is 0 Å². The van der Waals surface area contributed by atoms with Crippen molar-refractivity contribution >= 4 is 41.3 Å². The maximum absolute atomic E-state index is 13.8. The van der Waals surface area contributed by atoms with Gasteiger partial charge in [-0.05, 0) is 40.4 Å². The molecule has 7 heteroatoms. The highest BCUT2D eigenvalue weighted by atomic mass is 127. The first-order chi connectivity index (χ1) is 11.1. The van der Waals surface area contributed by atoms with E-state index in [-0.39, 0.29) is 24.0 Å². The van der Waals surface area contributed by atoms with Crippen LogP contribution >= 0.6 is 35.3 Å². The van der Waals surface area contributed by atoms with E-state index in [1.165, 1.54) is 11.6 Å². The molecule has 2 rings (SSSR count). The maximum atomic E-state index is 13.8. The van der Waals surface area contributed by atoms with Crippen LogP contribution in [0.3, 0.4) is 0 Å². The van der Waals surface area contributed by atoms with Crippen LogP contribution in [-0.4, -0.2) is 19.6 Å². The van der Waals surface area contributed by atoms with E-state index in [2.05, 4.69) is 39.4 Å². The first kappa shape index (κ1) is 20.4. The van der Waals surface area contributed by atoms with Gasteiger partial charge < -0.3 is 10.6 Å². The molecule has 24 heavy (non-hydrogen) atoms. The van der Waals surface area contributed by atoms with Crippen molar-refractivity contribution in [2.75, 3.05) is 13.6 Å². The molecule has 0 fully saturated rings. The molecule has 128 valence electrons. The van der Waals surface area contributed by atoms with Crippen LogP contribution in [0.4, 0.5) is 4.39 Å². The number of hydrogen-bond donors (Lipinski definition) is 2. The second-order valence-electron chi connectivity index (χ2n) is 5.18. The lowest BCUT2D eigenvalue weighted by Gasteiger charge is -2.15. The predicted octanol–water partition coefficient (Wildman–Crippen LogP) is 3.85. The molecule has 0 radical (unpaired) electrons. The van der Waals surface area contributed by atoms with Gasteiger partial charge in [-0.2, -0.15) is 16.6 Å². The van der Waals surface area contributed by atoms with Gasteiger partial charge in [0.25, 0.3) is 0 Å². The Balaban J connectivity index is 0.00000288. The van der Waals surface area contributed by atoms with Gasteiger partial charge in [0.15, 0.2) is 5.96 Å². The van der Waals surface area contributed by atoms with Crippen molar-refractivity contribution < 1.29 is 4.39 Å². The summed E-state index contributed by atoms with van der Waals surface area (Å²) in [5.41, 5.74) is 2.10. The third kappa shape index (κ3) is 5.76. The Kier molecular flexibility index (Phi) is 8.71. The first-order valence-corrected chi connectivity index (χ1v) is 8.23. The highest BCUT2D eigenvalue weighted by Crippen LogP contribution is 2.17. The number of aliphatic imine (C=N–C) groups is 1. The molecule has 2 aromatic rings. The molecule has 4 nitrogen and oxygen atoms in total. The Bertz CT molecular complexity index is 710. The van der Waals surface area contributed by atoms with Crippen LogP contribution in [-0.2, 0) is 6.54 Å². The summed E-state index contributed by atoms with van der Waals surface area (Å²) in [7, 11) is 1.68. The summed E-state index contributed by atoms with van der Waals surface area (Å²) in [4.78, 5) is 4.14. The maximum Gasteiger partial charge on any atom is 0.191 e. The van der Waals surface area contributed by atoms with Crippen LogP contribution in [0.25, 0.3) is 0 Å². The highest BCUT2D eigenvalue weighted by Gasteiger charge is 2.08. The molecule has 0 aliphatic rings. The van der Waals surface area contributed by atoms with E-state index in [0.717, 1.165) is 6.54 Å². The summed E-state index contributed by atoms with van der Waals surface area (Å²) in [6.45, 7) is 3.19. The molecular formula is C17H20FIN4S. The monoisotopic (exact) mass is 458 g/mol. The van der Waals surface area contributed by atoms with Crippen LogP contribution in [0, 0.1) is 17.1 Å². The molecule has 0 aliphatic carbocycles. The summed E-state index contributed by atoms with van der Waals surface area (Å²) in [6, 6.07) is 8.49. The first-order valence-electron chi connectivity index (χ1n) is 7.29. The minimum atomic E-state index is -0.390. The van der Waals surface area contributed by atoms with E-state index in [9.17, 15) is 4.39 Å². The average molecular weight is 458 g/mol. The van der Waals surface area contributed by atoms with E-state index in [1.54, 1.807) is 30.5 Å². The van der Waals surface area contributed by atoms with Gasteiger partial charge in [0, 0.05) is 25.7 Å². The summed E-state index contributed by atoms with van der Waals surface area (Å²) in [5, 5.41) is 19.3. The molecule has 0 bridgehead atoms. The second kappa shape index (κ2) is 10.3. The fraction of sp³-hybridized carbons (Fsp3) is 0.294. The van der Waals surface area contributed by atoms with Crippen molar-refractivity contribution in [2.24, 2.45) is 4.99 Å². The molecule has 1 unspecified atom stereocenters. The van der Waals surface area contributed by atoms with Gasteiger partial charge in [0.05, 0.1) is 11.6 Å². The lowest BCUT2D eigenvalue weighted by molar-refractivity contribution is 0.603. The molecule has 1 atom stereocenters. The smallest absolute Gasteiger partial charge is 0.191 e. The van der Waals surface area contributed by atoms with Crippen LogP contribution in [0.1, 0.15) is 29.5 Å². The van der Waals surface area contributed by atoms with Crippen LogP contribution < -0.4 is 10.6 Å². The van der Waals surface area contributed by atoms with Gasteiger partial charge in [-0.3, -0.25) is 4.99 Å². The Morgan fingerprint density at radius 2 is 2.17 bits per heavy atom. The van der Waals surface area contributed by atoms with Crippen LogP contribution in [0.2, 0.25) is 0 Å². The lowest BCUT2D eigenvalue weighted by Crippen LogP contribution is -2.38. The van der Waals surface area contributed by atoms with Gasteiger partial charge in [0.2, 0.25) is 0 Å². The van der Waals surface area contributed by atoms with E-state index < -0.39 is 5.82 Å². The summed E-state index contributed by atoms with van der Waals surface area (Å²) in [6.07, 6.45) is 0. The number of guanidine groups is 1. The average Bonchev–Trinajstić information content (AvgIpc) is 3.10. The number of benzene rings is 1. The normalized spacial score (nSPS) is 12.0. The number of halogens is 2. The third-order valence-corrected chi connectivity index (χ3v) is 4.24. The Morgan fingerprint density at radius 3 is 2.75 bits per heavy atom. The number of thiophene rings is 1. The zero-order valence-electron chi connectivity index (χ0n) is 13.5. The summed E-state index contributed by atoms with van der Waals surface area (Å²) in [5.74, 6) is 0.598. The number of hydrogen-bond acceptors (Lipinski definition) is 3. The molecular weight excluding hydrogens is 438 g/mol. The van der Waals surface area contributed by atoms with Crippen molar-refractivity contribution in [1.29, 1.82) is 5.26 Å². The van der Waals surface area contributed by atoms with Gasteiger partial charge in [-0.25, -0.2) is 4.39 Å². The number of rotatable bonds is 5. The van der Waals surface area contributed by atoms with Gasteiger partial charge in [-0.1, -0.05) is 13.0 Å². The van der Waals surface area contributed by atoms with Crippen molar-refractivity contribution in [2.45, 2.75) is 19.4 Å². The SMILES string of the molecule is CN=C(NCc1ccc(C#N)cc1F)NCC(C)c1ccsc1.I. The molecule has 0 spiro atoms. The van der Waals surface area contributed by atoms with Crippen LogP contribution in [0.5, 0.6) is 0 Å². The van der Waals surface area contributed by atoms with Crippen molar-refractivity contribution in [3.8, 4) is 6.07 Å². The molecule has 0 amide bonds.